The molecule has 1 N–H and O–H groups in total. The number of nitrogens with zero attached hydrogens (tertiary/aromatic N) is 1. The zero-order chi connectivity index (χ0) is 13.4. The molecule has 0 spiro atoms. The Labute approximate surface area is 110 Å². The molecule has 0 aromatic heterocycles. The Bertz CT molecular complexity index is 654. The molecule has 3 nitrogen and oxygen atoms in total. The highest BCUT2D eigenvalue weighted by Crippen LogP contribution is 2.28. The average Bonchev–Trinajstić information content (AvgIpc) is 2.41. The van der Waals surface area contributed by atoms with Crippen LogP contribution >= 0.6 is 0 Å². The summed E-state index contributed by atoms with van der Waals surface area (Å²) in [6, 6.07) is 12.2. The smallest absolute Gasteiger partial charge is 0.307 e. The maximum absolute atomic E-state index is 13.6. The Hall–Kier alpha value is -2.36. The average molecular weight is 256 g/mol. The van der Waals surface area contributed by atoms with E-state index in [0.29, 0.717) is 17.8 Å². The molecule has 1 heterocycles. The molecule has 4 heteroatoms. The first kappa shape index (κ1) is 11.7. The van der Waals surface area contributed by atoms with Gasteiger partial charge in [0, 0.05) is 11.4 Å². The Balaban J connectivity index is 1.98. The number of hydrogen-bond donors (Lipinski definition) is 1. The van der Waals surface area contributed by atoms with Gasteiger partial charge < -0.3 is 5.32 Å². The summed E-state index contributed by atoms with van der Waals surface area (Å²) in [5, 5.41) is 2.81. The number of halogens is 1. The second kappa shape index (κ2) is 4.39. The van der Waals surface area contributed by atoms with Gasteiger partial charge >= 0.3 is 6.03 Å². The van der Waals surface area contributed by atoms with E-state index in [2.05, 4.69) is 5.32 Å². The number of anilines is 2. The fraction of sp³-hybridized carbons (Fsp3) is 0.133. The van der Waals surface area contributed by atoms with Crippen LogP contribution in [0.25, 0.3) is 0 Å². The summed E-state index contributed by atoms with van der Waals surface area (Å²) >= 11 is 0. The van der Waals surface area contributed by atoms with E-state index in [9.17, 15) is 9.18 Å². The molecule has 96 valence electrons. The van der Waals surface area contributed by atoms with Gasteiger partial charge in [0.2, 0.25) is 0 Å². The van der Waals surface area contributed by atoms with Crippen LogP contribution in [0.2, 0.25) is 0 Å². The van der Waals surface area contributed by atoms with Gasteiger partial charge in [-0.25, -0.2) is 9.18 Å². The maximum Gasteiger partial charge on any atom is 0.326 e. The summed E-state index contributed by atoms with van der Waals surface area (Å²) in [6.45, 7) is 2.15. The van der Waals surface area contributed by atoms with Crippen LogP contribution in [0.1, 0.15) is 11.1 Å². The van der Waals surface area contributed by atoms with Crippen LogP contribution in [0.3, 0.4) is 0 Å². The first-order valence-electron chi connectivity index (χ1n) is 6.08. The van der Waals surface area contributed by atoms with E-state index in [1.165, 1.54) is 11.0 Å². The van der Waals surface area contributed by atoms with Gasteiger partial charge in [0.1, 0.15) is 5.82 Å². The molecule has 0 saturated carbocycles. The largest absolute Gasteiger partial charge is 0.326 e. The van der Waals surface area contributed by atoms with Gasteiger partial charge in [-0.3, -0.25) is 4.90 Å². The van der Waals surface area contributed by atoms with Gasteiger partial charge in [0.25, 0.3) is 0 Å². The third-order valence-corrected chi connectivity index (χ3v) is 3.30. The molecule has 2 aromatic rings. The van der Waals surface area contributed by atoms with Crippen LogP contribution in [0.15, 0.2) is 42.5 Å². The predicted octanol–water partition coefficient (Wildman–Crippen LogP) is 3.69. The predicted molar refractivity (Wildman–Crippen MR) is 72.8 cm³/mol. The Kier molecular flexibility index (Phi) is 2.71. The molecule has 0 aliphatic carbocycles. The van der Waals surface area contributed by atoms with Gasteiger partial charge in [-0.15, -0.1) is 0 Å². The number of amides is 2. The molecular formula is C15H13FN2O. The molecule has 3 rings (SSSR count). The number of carbonyl (C=O) groups is 1. The van der Waals surface area contributed by atoms with Crippen molar-refractivity contribution in [2.75, 3.05) is 10.2 Å². The Morgan fingerprint density at radius 3 is 2.79 bits per heavy atom. The first-order chi connectivity index (χ1) is 9.15. The standard InChI is InChI=1S/C15H13FN2O/c1-10-6-7-12(8-13(10)16)18-9-11-4-2-3-5-14(11)17-15(18)19/h2-8H,9H2,1H3,(H,17,19). The normalized spacial score (nSPS) is 14.0. The molecule has 19 heavy (non-hydrogen) atoms. The summed E-state index contributed by atoms with van der Waals surface area (Å²) in [5.41, 5.74) is 2.97. The fourth-order valence-corrected chi connectivity index (χ4v) is 2.16. The van der Waals surface area contributed by atoms with Crippen molar-refractivity contribution in [3.8, 4) is 0 Å². The maximum atomic E-state index is 13.6. The van der Waals surface area contributed by atoms with E-state index in [0.717, 1.165) is 11.3 Å². The number of urea groups is 1. The van der Waals surface area contributed by atoms with E-state index >= 15 is 0 Å². The summed E-state index contributed by atoms with van der Waals surface area (Å²) in [6.07, 6.45) is 0. The second-order valence-corrected chi connectivity index (χ2v) is 4.61. The lowest BCUT2D eigenvalue weighted by Gasteiger charge is -2.29. The Morgan fingerprint density at radius 2 is 2.00 bits per heavy atom. The van der Waals surface area contributed by atoms with Crippen molar-refractivity contribution < 1.29 is 9.18 Å². The molecule has 1 aliphatic rings. The lowest BCUT2D eigenvalue weighted by molar-refractivity contribution is 0.256. The lowest BCUT2D eigenvalue weighted by Crippen LogP contribution is -2.38. The third kappa shape index (κ3) is 2.05. The summed E-state index contributed by atoms with van der Waals surface area (Å²) in [4.78, 5) is 13.6. The third-order valence-electron chi connectivity index (χ3n) is 3.30. The minimum absolute atomic E-state index is 0.234. The first-order valence-corrected chi connectivity index (χ1v) is 6.08. The molecule has 0 radical (unpaired) electrons. The van der Waals surface area contributed by atoms with Gasteiger partial charge in [-0.2, -0.15) is 0 Å². The van der Waals surface area contributed by atoms with E-state index < -0.39 is 0 Å². The molecule has 0 unspecified atom stereocenters. The summed E-state index contributed by atoms with van der Waals surface area (Å²) in [5.74, 6) is -0.302. The lowest BCUT2D eigenvalue weighted by atomic mass is 10.1. The van der Waals surface area contributed by atoms with E-state index in [4.69, 9.17) is 0 Å². The number of nitrogens with one attached hydrogen (secondary N) is 1. The number of para-hydroxylation sites is 1. The molecule has 0 atom stereocenters. The van der Waals surface area contributed by atoms with Crippen LogP contribution in [-0.2, 0) is 6.54 Å². The Morgan fingerprint density at radius 1 is 1.21 bits per heavy atom. The molecule has 0 bridgehead atoms. The minimum atomic E-state index is -0.302. The highest BCUT2D eigenvalue weighted by Gasteiger charge is 2.23. The van der Waals surface area contributed by atoms with Crippen LogP contribution in [0.5, 0.6) is 0 Å². The van der Waals surface area contributed by atoms with Gasteiger partial charge in [0.05, 0.1) is 6.54 Å². The summed E-state index contributed by atoms with van der Waals surface area (Å²) in [7, 11) is 0. The molecule has 0 saturated heterocycles. The molecule has 0 fully saturated rings. The van der Waals surface area contributed by atoms with Crippen molar-refractivity contribution in [2.45, 2.75) is 13.5 Å². The molecular weight excluding hydrogens is 243 g/mol. The fourth-order valence-electron chi connectivity index (χ4n) is 2.16. The van der Waals surface area contributed by atoms with Crippen molar-refractivity contribution in [2.24, 2.45) is 0 Å². The molecule has 2 aromatic carbocycles. The summed E-state index contributed by atoms with van der Waals surface area (Å²) < 4.78 is 13.6. The topological polar surface area (TPSA) is 32.3 Å². The number of aryl methyl sites for hydroxylation is 1. The van der Waals surface area contributed by atoms with Crippen molar-refractivity contribution in [1.29, 1.82) is 0 Å². The zero-order valence-corrected chi connectivity index (χ0v) is 10.5. The number of hydrogen-bond acceptors (Lipinski definition) is 1. The van der Waals surface area contributed by atoms with Crippen molar-refractivity contribution in [1.82, 2.24) is 0 Å². The van der Waals surface area contributed by atoms with Gasteiger partial charge in [-0.1, -0.05) is 24.3 Å². The van der Waals surface area contributed by atoms with E-state index in [1.807, 2.05) is 24.3 Å². The second-order valence-electron chi connectivity index (χ2n) is 4.61. The van der Waals surface area contributed by atoms with Crippen molar-refractivity contribution in [3.63, 3.8) is 0 Å². The van der Waals surface area contributed by atoms with Crippen LogP contribution in [-0.4, -0.2) is 6.03 Å². The van der Waals surface area contributed by atoms with Crippen LogP contribution in [0, 0.1) is 12.7 Å². The van der Waals surface area contributed by atoms with Crippen LogP contribution in [0.4, 0.5) is 20.6 Å². The van der Waals surface area contributed by atoms with Crippen molar-refractivity contribution in [3.05, 3.63) is 59.4 Å². The quantitative estimate of drug-likeness (QED) is 0.829. The van der Waals surface area contributed by atoms with E-state index in [-0.39, 0.29) is 11.8 Å². The van der Waals surface area contributed by atoms with Gasteiger partial charge in [0.15, 0.2) is 0 Å². The minimum Gasteiger partial charge on any atom is -0.307 e. The highest BCUT2D eigenvalue weighted by atomic mass is 19.1. The van der Waals surface area contributed by atoms with Crippen molar-refractivity contribution >= 4 is 17.4 Å². The molecule has 2 amide bonds. The molecule has 1 aliphatic heterocycles. The zero-order valence-electron chi connectivity index (χ0n) is 10.5. The SMILES string of the molecule is Cc1ccc(N2Cc3ccccc3NC2=O)cc1F. The van der Waals surface area contributed by atoms with Gasteiger partial charge in [-0.05, 0) is 36.2 Å². The highest BCUT2D eigenvalue weighted by molar-refractivity contribution is 6.04. The monoisotopic (exact) mass is 256 g/mol. The van der Waals surface area contributed by atoms with E-state index in [1.54, 1.807) is 19.1 Å². The number of benzene rings is 2. The number of carbonyl (C=O) groups excluding carboxylic acids is 1. The number of fused-ring (bicyclic) bond motifs is 1. The van der Waals surface area contributed by atoms with Crippen LogP contribution < -0.4 is 10.2 Å². The number of rotatable bonds is 1.